The molecule has 1 aliphatic rings. The summed E-state index contributed by atoms with van der Waals surface area (Å²) in [5.74, 6) is -0.662. The molecular weight excluding hydrogens is 551 g/mol. The Hall–Kier alpha value is -3.01. The van der Waals surface area contributed by atoms with E-state index >= 15 is 0 Å². The predicted octanol–water partition coefficient (Wildman–Crippen LogP) is 6.63. The normalized spacial score (nSPS) is 14.5. The first kappa shape index (κ1) is 25.1. The molecule has 2 amide bonds. The van der Waals surface area contributed by atoms with Gasteiger partial charge in [0.15, 0.2) is 10.9 Å². The Kier molecular flexibility index (Phi) is 7.69. The third-order valence-corrected chi connectivity index (χ3v) is 7.25. The number of carbonyl (C=O) groups excluding carboxylic acids is 2. The summed E-state index contributed by atoms with van der Waals surface area (Å²) in [4.78, 5) is 26.8. The summed E-state index contributed by atoms with van der Waals surface area (Å²) in [6, 6.07) is 16.8. The van der Waals surface area contributed by atoms with E-state index in [4.69, 9.17) is 17.0 Å². The topological polar surface area (TPSA) is 58.6 Å². The Morgan fingerprint density at radius 3 is 2.54 bits per heavy atom. The average molecular weight is 571 g/mol. The number of nitrogens with one attached hydrogen (secondary N) is 1. The molecule has 1 heterocycles. The molecule has 0 aliphatic carbocycles. The number of hydrogen-bond donors (Lipinski definition) is 1. The van der Waals surface area contributed by atoms with Gasteiger partial charge >= 0.3 is 0 Å². The number of thiocarbonyl (C=S) groups is 1. The number of para-hydroxylation sites is 1. The van der Waals surface area contributed by atoms with E-state index in [1.807, 2.05) is 26.0 Å². The molecule has 35 heavy (non-hydrogen) atoms. The van der Waals surface area contributed by atoms with Crippen molar-refractivity contribution >= 4 is 73.5 Å². The number of ether oxygens (including phenoxy) is 1. The minimum absolute atomic E-state index is 0.133. The van der Waals surface area contributed by atoms with Crippen molar-refractivity contribution in [2.75, 3.05) is 16.8 Å². The third kappa shape index (κ3) is 5.80. The number of benzene rings is 3. The number of nitrogens with zero attached hydrogens (tertiary/aromatic N) is 1. The van der Waals surface area contributed by atoms with Crippen molar-refractivity contribution in [3.05, 3.63) is 92.5 Å². The van der Waals surface area contributed by atoms with E-state index in [0.29, 0.717) is 16.3 Å². The van der Waals surface area contributed by atoms with Crippen LogP contribution in [0.2, 0.25) is 0 Å². The van der Waals surface area contributed by atoms with E-state index in [1.54, 1.807) is 42.5 Å². The highest BCUT2D eigenvalue weighted by atomic mass is 79.9. The van der Waals surface area contributed by atoms with E-state index in [-0.39, 0.29) is 28.4 Å². The second-order valence-corrected chi connectivity index (χ2v) is 10.3. The van der Waals surface area contributed by atoms with E-state index in [9.17, 15) is 14.0 Å². The van der Waals surface area contributed by atoms with Crippen LogP contribution in [0.25, 0.3) is 6.08 Å². The fourth-order valence-corrected chi connectivity index (χ4v) is 5.17. The lowest BCUT2D eigenvalue weighted by Crippen LogP contribution is -2.28. The number of aryl methyl sites for hydroxylation is 2. The van der Waals surface area contributed by atoms with Crippen molar-refractivity contribution in [3.8, 4) is 5.75 Å². The van der Waals surface area contributed by atoms with Gasteiger partial charge in [0.2, 0.25) is 0 Å². The van der Waals surface area contributed by atoms with Crippen molar-refractivity contribution in [2.45, 2.75) is 13.8 Å². The molecule has 1 saturated heterocycles. The van der Waals surface area contributed by atoms with E-state index in [1.165, 1.54) is 17.0 Å². The molecule has 0 saturated carbocycles. The zero-order valence-electron chi connectivity index (χ0n) is 18.8. The Bertz CT molecular complexity index is 1360. The van der Waals surface area contributed by atoms with Gasteiger partial charge in [-0.05, 0) is 88.9 Å². The molecule has 0 spiro atoms. The zero-order chi connectivity index (χ0) is 25.1. The first-order valence-electron chi connectivity index (χ1n) is 10.5. The van der Waals surface area contributed by atoms with Crippen LogP contribution >= 0.6 is 39.9 Å². The molecule has 178 valence electrons. The zero-order valence-corrected chi connectivity index (χ0v) is 22.0. The van der Waals surface area contributed by atoms with Gasteiger partial charge in [0.05, 0.1) is 16.3 Å². The molecule has 0 atom stereocenters. The number of amides is 2. The number of halogens is 2. The molecule has 3 aromatic rings. The van der Waals surface area contributed by atoms with Crippen molar-refractivity contribution in [3.63, 3.8) is 0 Å². The third-order valence-electron chi connectivity index (χ3n) is 5.29. The van der Waals surface area contributed by atoms with Crippen molar-refractivity contribution < 1.29 is 18.7 Å². The summed E-state index contributed by atoms with van der Waals surface area (Å²) in [5.41, 5.74) is 3.76. The van der Waals surface area contributed by atoms with Crippen LogP contribution in [-0.4, -0.2) is 22.7 Å². The molecule has 0 radical (unpaired) electrons. The van der Waals surface area contributed by atoms with Crippen LogP contribution in [0.15, 0.2) is 70.0 Å². The summed E-state index contributed by atoms with van der Waals surface area (Å²) in [5, 5.41) is 2.83. The molecule has 1 N–H and O–H groups in total. The maximum absolute atomic E-state index is 14.2. The highest BCUT2D eigenvalue weighted by molar-refractivity contribution is 9.10. The molecule has 1 fully saturated rings. The minimum atomic E-state index is -0.513. The Labute approximate surface area is 220 Å². The summed E-state index contributed by atoms with van der Waals surface area (Å²) >= 11 is 9.88. The van der Waals surface area contributed by atoms with Gasteiger partial charge in [0.25, 0.3) is 11.8 Å². The maximum atomic E-state index is 14.2. The number of thioether (sulfide) groups is 1. The maximum Gasteiger partial charge on any atom is 0.270 e. The van der Waals surface area contributed by atoms with Gasteiger partial charge < -0.3 is 10.1 Å². The molecule has 0 unspecified atom stereocenters. The van der Waals surface area contributed by atoms with Gasteiger partial charge in [-0.25, -0.2) is 4.39 Å². The highest BCUT2D eigenvalue weighted by Gasteiger charge is 2.34. The number of carbonyl (C=O) groups is 2. The molecule has 4 rings (SSSR count). The fraction of sp³-hybridized carbons (Fsp3) is 0.115. The van der Waals surface area contributed by atoms with E-state index < -0.39 is 5.82 Å². The first-order valence-corrected chi connectivity index (χ1v) is 12.6. The number of anilines is 2. The van der Waals surface area contributed by atoms with Crippen molar-refractivity contribution in [2.24, 2.45) is 0 Å². The number of rotatable bonds is 6. The fourth-order valence-electron chi connectivity index (χ4n) is 3.33. The van der Waals surface area contributed by atoms with Crippen LogP contribution in [0.4, 0.5) is 15.8 Å². The van der Waals surface area contributed by atoms with Gasteiger partial charge in [-0.2, -0.15) is 0 Å². The molecule has 5 nitrogen and oxygen atoms in total. The van der Waals surface area contributed by atoms with E-state index in [2.05, 4.69) is 21.2 Å². The average Bonchev–Trinajstić information content (AvgIpc) is 3.10. The van der Waals surface area contributed by atoms with Crippen molar-refractivity contribution in [1.29, 1.82) is 0 Å². The highest BCUT2D eigenvalue weighted by Crippen LogP contribution is 2.37. The molecule has 0 aromatic heterocycles. The second-order valence-electron chi connectivity index (χ2n) is 7.79. The lowest BCUT2D eigenvalue weighted by atomic mass is 10.1. The Balaban J connectivity index is 1.38. The predicted molar refractivity (Wildman–Crippen MR) is 146 cm³/mol. The lowest BCUT2D eigenvalue weighted by molar-refractivity contribution is -0.118. The van der Waals surface area contributed by atoms with Gasteiger partial charge in [-0.1, -0.05) is 48.2 Å². The molecule has 1 aliphatic heterocycles. The first-order chi connectivity index (χ1) is 16.7. The van der Waals surface area contributed by atoms with Crippen LogP contribution in [0.5, 0.6) is 5.75 Å². The van der Waals surface area contributed by atoms with Crippen LogP contribution in [0.3, 0.4) is 0 Å². The molecule has 0 bridgehead atoms. The summed E-state index contributed by atoms with van der Waals surface area (Å²) < 4.78 is 20.8. The lowest BCUT2D eigenvalue weighted by Gasteiger charge is -2.14. The Morgan fingerprint density at radius 1 is 1.14 bits per heavy atom. The smallest absolute Gasteiger partial charge is 0.270 e. The van der Waals surface area contributed by atoms with Gasteiger partial charge in [0.1, 0.15) is 11.6 Å². The molecular formula is C26H20BrFN2O3S2. The van der Waals surface area contributed by atoms with Crippen LogP contribution in [0.1, 0.15) is 16.7 Å². The van der Waals surface area contributed by atoms with Crippen LogP contribution < -0.4 is 15.0 Å². The van der Waals surface area contributed by atoms with Crippen molar-refractivity contribution in [1.82, 2.24) is 0 Å². The SMILES string of the molecule is Cc1cc(Br)c(NC(=O)COc2ccc(/C=C3\SC(=S)N(c4ccccc4F)C3=O)cc2)cc1C. The van der Waals surface area contributed by atoms with Gasteiger partial charge in [0, 0.05) is 4.47 Å². The van der Waals surface area contributed by atoms with Gasteiger partial charge in [-0.15, -0.1) is 0 Å². The minimum Gasteiger partial charge on any atom is -0.484 e. The largest absolute Gasteiger partial charge is 0.484 e. The summed E-state index contributed by atoms with van der Waals surface area (Å²) in [7, 11) is 0. The second kappa shape index (κ2) is 10.7. The monoisotopic (exact) mass is 570 g/mol. The van der Waals surface area contributed by atoms with E-state index in [0.717, 1.165) is 32.9 Å². The van der Waals surface area contributed by atoms with Gasteiger partial charge in [-0.3, -0.25) is 14.5 Å². The van der Waals surface area contributed by atoms with Crippen LogP contribution in [-0.2, 0) is 9.59 Å². The standard InChI is InChI=1S/C26H20BrFN2O3S2/c1-15-11-19(27)21(12-16(15)2)29-24(31)14-33-18-9-7-17(8-10-18)13-23-25(32)30(26(34)35-23)22-6-4-3-5-20(22)28/h3-13H,14H2,1-2H3,(H,29,31)/b23-13-. The molecule has 9 heteroatoms. The quantitative estimate of drug-likeness (QED) is 0.266. The Morgan fingerprint density at radius 2 is 1.83 bits per heavy atom. The number of hydrogen-bond acceptors (Lipinski definition) is 5. The summed E-state index contributed by atoms with van der Waals surface area (Å²) in [6.45, 7) is 3.83. The molecule has 3 aromatic carbocycles. The van der Waals surface area contributed by atoms with Crippen LogP contribution in [0, 0.1) is 19.7 Å². The summed E-state index contributed by atoms with van der Waals surface area (Å²) in [6.07, 6.45) is 1.69.